The second-order valence-corrected chi connectivity index (χ2v) is 7.15. The molecule has 3 N–H and O–H groups in total. The summed E-state index contributed by atoms with van der Waals surface area (Å²) in [7, 11) is 0. The molecule has 0 saturated heterocycles. The fraction of sp³-hybridized carbons (Fsp3) is 0.667. The predicted molar refractivity (Wildman–Crippen MR) is 80.0 cm³/mol. The van der Waals surface area contributed by atoms with Gasteiger partial charge in [0.15, 0.2) is 0 Å². The van der Waals surface area contributed by atoms with E-state index in [-0.39, 0.29) is 5.91 Å². The summed E-state index contributed by atoms with van der Waals surface area (Å²) < 4.78 is 0. The van der Waals surface area contributed by atoms with Crippen LogP contribution in [0.3, 0.4) is 0 Å². The minimum atomic E-state index is -0.492. The summed E-state index contributed by atoms with van der Waals surface area (Å²) >= 11 is 1.80. The molecule has 106 valence electrons. The Balaban J connectivity index is 2.04. The number of hydrogen-bond acceptors (Lipinski definition) is 3. The zero-order valence-electron chi connectivity index (χ0n) is 11.8. The van der Waals surface area contributed by atoms with E-state index in [1.54, 1.807) is 11.3 Å². The first-order valence-corrected chi connectivity index (χ1v) is 7.95. The SMILES string of the molecule is CC(C)(CNC(c1cccs1)C1CCCC1)C(N)=O. The summed E-state index contributed by atoms with van der Waals surface area (Å²) in [5.74, 6) is 0.457. The van der Waals surface area contributed by atoms with Crippen molar-refractivity contribution in [2.24, 2.45) is 17.1 Å². The Labute approximate surface area is 119 Å². The van der Waals surface area contributed by atoms with Crippen molar-refractivity contribution in [2.75, 3.05) is 6.54 Å². The van der Waals surface area contributed by atoms with Crippen LogP contribution >= 0.6 is 11.3 Å². The average molecular weight is 280 g/mol. The van der Waals surface area contributed by atoms with Crippen LogP contribution < -0.4 is 11.1 Å². The van der Waals surface area contributed by atoms with Crippen molar-refractivity contribution in [2.45, 2.75) is 45.6 Å². The zero-order chi connectivity index (χ0) is 13.9. The maximum atomic E-state index is 11.4. The summed E-state index contributed by atoms with van der Waals surface area (Å²) in [6.45, 7) is 4.45. The number of nitrogens with one attached hydrogen (secondary N) is 1. The molecule has 19 heavy (non-hydrogen) atoms. The summed E-state index contributed by atoms with van der Waals surface area (Å²) in [4.78, 5) is 12.8. The molecule has 1 saturated carbocycles. The lowest BCUT2D eigenvalue weighted by molar-refractivity contribution is -0.125. The first-order valence-electron chi connectivity index (χ1n) is 7.07. The van der Waals surface area contributed by atoms with Crippen molar-refractivity contribution in [1.29, 1.82) is 0 Å². The number of primary amides is 1. The molecule has 0 aliphatic heterocycles. The van der Waals surface area contributed by atoms with Crippen LogP contribution in [0.4, 0.5) is 0 Å². The summed E-state index contributed by atoms with van der Waals surface area (Å²) in [6, 6.07) is 4.67. The van der Waals surface area contributed by atoms with Gasteiger partial charge in [-0.3, -0.25) is 4.79 Å². The smallest absolute Gasteiger partial charge is 0.224 e. The Hall–Kier alpha value is -0.870. The molecule has 1 heterocycles. The van der Waals surface area contributed by atoms with Crippen molar-refractivity contribution in [3.05, 3.63) is 22.4 Å². The van der Waals surface area contributed by atoms with Gasteiger partial charge >= 0.3 is 0 Å². The van der Waals surface area contributed by atoms with Crippen molar-refractivity contribution in [3.8, 4) is 0 Å². The normalized spacial score (nSPS) is 18.6. The lowest BCUT2D eigenvalue weighted by Gasteiger charge is -2.28. The minimum Gasteiger partial charge on any atom is -0.369 e. The number of rotatable bonds is 6. The van der Waals surface area contributed by atoms with Crippen LogP contribution in [-0.4, -0.2) is 12.5 Å². The number of nitrogens with two attached hydrogens (primary N) is 1. The van der Waals surface area contributed by atoms with E-state index in [1.807, 2.05) is 13.8 Å². The van der Waals surface area contributed by atoms with Gasteiger partial charge in [-0.25, -0.2) is 0 Å². The van der Waals surface area contributed by atoms with Crippen molar-refractivity contribution >= 4 is 17.2 Å². The quantitative estimate of drug-likeness (QED) is 0.841. The molecule has 2 rings (SSSR count). The molecule has 3 nitrogen and oxygen atoms in total. The predicted octanol–water partition coefficient (Wildman–Crippen LogP) is 3.08. The molecule has 1 unspecified atom stereocenters. The second-order valence-electron chi connectivity index (χ2n) is 6.17. The Morgan fingerprint density at radius 1 is 1.53 bits per heavy atom. The number of carbonyl (C=O) groups is 1. The molecule has 4 heteroatoms. The van der Waals surface area contributed by atoms with Gasteiger partial charge < -0.3 is 11.1 Å². The van der Waals surface area contributed by atoms with Gasteiger partial charge in [0, 0.05) is 17.5 Å². The monoisotopic (exact) mass is 280 g/mol. The highest BCUT2D eigenvalue weighted by atomic mass is 32.1. The van der Waals surface area contributed by atoms with E-state index in [9.17, 15) is 4.79 Å². The summed E-state index contributed by atoms with van der Waals surface area (Å²) in [5.41, 5.74) is 4.96. The van der Waals surface area contributed by atoms with Gasteiger partial charge in [0.2, 0.25) is 5.91 Å². The average Bonchev–Trinajstić information content (AvgIpc) is 3.00. The van der Waals surface area contributed by atoms with Crippen LogP contribution in [-0.2, 0) is 4.79 Å². The lowest BCUT2D eigenvalue weighted by Crippen LogP contribution is -2.42. The Morgan fingerprint density at radius 2 is 2.21 bits per heavy atom. The molecule has 1 aliphatic carbocycles. The summed E-state index contributed by atoms with van der Waals surface area (Å²) in [6.07, 6.45) is 5.22. The first kappa shape index (κ1) is 14.5. The third-order valence-electron chi connectivity index (χ3n) is 4.15. The van der Waals surface area contributed by atoms with Crippen molar-refractivity contribution in [1.82, 2.24) is 5.32 Å². The van der Waals surface area contributed by atoms with E-state index >= 15 is 0 Å². The molecule has 0 aromatic carbocycles. The number of carbonyl (C=O) groups excluding carboxylic acids is 1. The van der Waals surface area contributed by atoms with Crippen LogP contribution in [0.5, 0.6) is 0 Å². The topological polar surface area (TPSA) is 55.1 Å². The highest BCUT2D eigenvalue weighted by molar-refractivity contribution is 7.10. The standard InChI is InChI=1S/C15H24N2OS/c1-15(2,14(16)18)10-17-13(11-6-3-4-7-11)12-8-5-9-19-12/h5,8-9,11,13,17H,3-4,6-7,10H2,1-2H3,(H2,16,18). The van der Waals surface area contributed by atoms with E-state index in [0.29, 0.717) is 18.5 Å². The molecule has 1 aromatic rings. The maximum Gasteiger partial charge on any atom is 0.224 e. The number of thiophene rings is 1. The van der Waals surface area contributed by atoms with Gasteiger partial charge in [0.05, 0.1) is 5.41 Å². The van der Waals surface area contributed by atoms with Gasteiger partial charge in [0.1, 0.15) is 0 Å². The molecular formula is C15H24N2OS. The van der Waals surface area contributed by atoms with Crippen LogP contribution in [0.15, 0.2) is 17.5 Å². The maximum absolute atomic E-state index is 11.4. The van der Waals surface area contributed by atoms with E-state index in [4.69, 9.17) is 5.73 Å². The fourth-order valence-electron chi connectivity index (χ4n) is 2.71. The zero-order valence-corrected chi connectivity index (χ0v) is 12.6. The highest BCUT2D eigenvalue weighted by Gasteiger charge is 2.30. The van der Waals surface area contributed by atoms with E-state index in [2.05, 4.69) is 22.8 Å². The number of hydrogen-bond donors (Lipinski definition) is 2. The number of amides is 1. The summed E-state index contributed by atoms with van der Waals surface area (Å²) in [5, 5.41) is 5.72. The van der Waals surface area contributed by atoms with Crippen LogP contribution in [0.2, 0.25) is 0 Å². The molecule has 0 radical (unpaired) electrons. The van der Waals surface area contributed by atoms with Gasteiger partial charge in [-0.2, -0.15) is 0 Å². The fourth-order valence-corrected chi connectivity index (χ4v) is 3.60. The van der Waals surface area contributed by atoms with Gasteiger partial charge in [0.25, 0.3) is 0 Å². The third kappa shape index (κ3) is 3.57. The second kappa shape index (κ2) is 6.06. The van der Waals surface area contributed by atoms with Gasteiger partial charge in [-0.05, 0) is 44.1 Å². The van der Waals surface area contributed by atoms with Gasteiger partial charge in [-0.15, -0.1) is 11.3 Å². The molecule has 1 aliphatic rings. The Morgan fingerprint density at radius 3 is 2.74 bits per heavy atom. The minimum absolute atomic E-state index is 0.239. The molecule has 0 spiro atoms. The largest absolute Gasteiger partial charge is 0.369 e. The van der Waals surface area contributed by atoms with Crippen LogP contribution in [0, 0.1) is 11.3 Å². The van der Waals surface area contributed by atoms with Gasteiger partial charge in [-0.1, -0.05) is 18.9 Å². The van der Waals surface area contributed by atoms with Crippen LogP contribution in [0.1, 0.15) is 50.4 Å². The Bertz CT molecular complexity index is 408. The molecule has 0 bridgehead atoms. The third-order valence-corrected chi connectivity index (χ3v) is 5.11. The molecule has 1 fully saturated rings. The first-order chi connectivity index (χ1) is 9.00. The Kier molecular flexibility index (Phi) is 4.63. The van der Waals surface area contributed by atoms with Crippen molar-refractivity contribution in [3.63, 3.8) is 0 Å². The van der Waals surface area contributed by atoms with Crippen molar-refractivity contribution < 1.29 is 4.79 Å². The van der Waals surface area contributed by atoms with E-state index in [1.165, 1.54) is 30.6 Å². The highest BCUT2D eigenvalue weighted by Crippen LogP contribution is 2.37. The lowest BCUT2D eigenvalue weighted by atomic mass is 9.90. The van der Waals surface area contributed by atoms with Crippen LogP contribution in [0.25, 0.3) is 0 Å². The molecular weight excluding hydrogens is 256 g/mol. The molecule has 1 amide bonds. The van der Waals surface area contributed by atoms with E-state index < -0.39 is 5.41 Å². The molecule has 1 atom stereocenters. The van der Waals surface area contributed by atoms with E-state index in [0.717, 1.165) is 0 Å². The molecule has 1 aromatic heterocycles.